The third kappa shape index (κ3) is 6.00. The summed E-state index contributed by atoms with van der Waals surface area (Å²) in [5, 5.41) is 2.99. The van der Waals surface area contributed by atoms with Crippen molar-refractivity contribution >= 4 is 11.6 Å². The molecular formula is C21H26N2O2. The van der Waals surface area contributed by atoms with Crippen LogP contribution in [0.5, 0.6) is 0 Å². The molecule has 1 fully saturated rings. The highest BCUT2D eigenvalue weighted by molar-refractivity contribution is 5.92. The SMILES string of the molecule is O=C(CN(Cc1ccccc1)CC1CCOCC1)Nc1ccccc1. The smallest absolute Gasteiger partial charge is 0.238 e. The Balaban J connectivity index is 1.61. The van der Waals surface area contributed by atoms with Gasteiger partial charge in [0.2, 0.25) is 5.91 Å². The van der Waals surface area contributed by atoms with Gasteiger partial charge in [-0.3, -0.25) is 9.69 Å². The molecule has 0 atom stereocenters. The maximum atomic E-state index is 12.5. The molecule has 0 bridgehead atoms. The second-order valence-corrected chi connectivity index (χ2v) is 6.63. The van der Waals surface area contributed by atoms with Crippen LogP contribution in [0.15, 0.2) is 60.7 Å². The fraction of sp³-hybridized carbons (Fsp3) is 0.381. The number of amides is 1. The number of carbonyl (C=O) groups excluding carboxylic acids is 1. The summed E-state index contributed by atoms with van der Waals surface area (Å²) in [5.41, 5.74) is 2.08. The van der Waals surface area contributed by atoms with Gasteiger partial charge in [-0.2, -0.15) is 0 Å². The Morgan fingerprint density at radius 1 is 1.00 bits per heavy atom. The number of para-hydroxylation sites is 1. The maximum absolute atomic E-state index is 12.5. The molecule has 2 aromatic carbocycles. The van der Waals surface area contributed by atoms with Crippen LogP contribution in [-0.2, 0) is 16.1 Å². The summed E-state index contributed by atoms with van der Waals surface area (Å²) < 4.78 is 5.46. The Kier molecular flexibility index (Phi) is 6.60. The monoisotopic (exact) mass is 338 g/mol. The largest absolute Gasteiger partial charge is 0.381 e. The number of hydrogen-bond donors (Lipinski definition) is 1. The summed E-state index contributed by atoms with van der Waals surface area (Å²) in [7, 11) is 0. The van der Waals surface area contributed by atoms with Crippen molar-refractivity contribution in [2.24, 2.45) is 5.92 Å². The van der Waals surface area contributed by atoms with Crippen LogP contribution in [0.2, 0.25) is 0 Å². The number of anilines is 1. The first-order valence-corrected chi connectivity index (χ1v) is 8.98. The second-order valence-electron chi connectivity index (χ2n) is 6.63. The predicted molar refractivity (Wildman–Crippen MR) is 100 cm³/mol. The molecule has 2 aromatic rings. The first-order valence-electron chi connectivity index (χ1n) is 8.98. The zero-order valence-corrected chi connectivity index (χ0v) is 14.6. The zero-order valence-electron chi connectivity index (χ0n) is 14.6. The van der Waals surface area contributed by atoms with E-state index in [1.807, 2.05) is 48.5 Å². The van der Waals surface area contributed by atoms with Crippen molar-refractivity contribution in [1.82, 2.24) is 4.90 Å². The molecule has 4 heteroatoms. The third-order valence-electron chi connectivity index (χ3n) is 4.53. The number of nitrogens with zero attached hydrogens (tertiary/aromatic N) is 1. The first kappa shape index (κ1) is 17.6. The average molecular weight is 338 g/mol. The van der Waals surface area contributed by atoms with Crippen molar-refractivity contribution in [1.29, 1.82) is 0 Å². The van der Waals surface area contributed by atoms with Crippen LogP contribution in [0.4, 0.5) is 5.69 Å². The molecule has 0 unspecified atom stereocenters. The van der Waals surface area contributed by atoms with Gasteiger partial charge in [0.25, 0.3) is 0 Å². The highest BCUT2D eigenvalue weighted by Crippen LogP contribution is 2.18. The number of hydrogen-bond acceptors (Lipinski definition) is 3. The van der Waals surface area contributed by atoms with Crippen LogP contribution in [0.3, 0.4) is 0 Å². The molecule has 1 amide bonds. The van der Waals surface area contributed by atoms with Gasteiger partial charge < -0.3 is 10.1 Å². The standard InChI is InChI=1S/C21H26N2O2/c24-21(22-20-9-5-2-6-10-20)17-23(15-18-7-3-1-4-8-18)16-19-11-13-25-14-12-19/h1-10,19H,11-17H2,(H,22,24). The number of rotatable bonds is 7. The molecule has 1 aliphatic heterocycles. The summed E-state index contributed by atoms with van der Waals surface area (Å²) >= 11 is 0. The molecule has 0 aromatic heterocycles. The molecule has 1 aliphatic rings. The zero-order chi connectivity index (χ0) is 17.3. The number of ether oxygens (including phenoxy) is 1. The number of benzene rings is 2. The van der Waals surface area contributed by atoms with Gasteiger partial charge in [0.05, 0.1) is 6.54 Å². The number of carbonyl (C=O) groups is 1. The van der Waals surface area contributed by atoms with Crippen molar-refractivity contribution in [3.8, 4) is 0 Å². The molecule has 1 N–H and O–H groups in total. The second kappa shape index (κ2) is 9.35. The lowest BCUT2D eigenvalue weighted by Gasteiger charge is -2.29. The van der Waals surface area contributed by atoms with Crippen molar-refractivity contribution < 1.29 is 9.53 Å². The van der Waals surface area contributed by atoms with Gasteiger partial charge in [-0.05, 0) is 36.5 Å². The molecule has 25 heavy (non-hydrogen) atoms. The average Bonchev–Trinajstić information content (AvgIpc) is 2.64. The Hall–Kier alpha value is -2.17. The Bertz CT molecular complexity index is 639. The van der Waals surface area contributed by atoms with Crippen molar-refractivity contribution in [3.63, 3.8) is 0 Å². The van der Waals surface area contributed by atoms with Gasteiger partial charge in [0.15, 0.2) is 0 Å². The summed E-state index contributed by atoms with van der Waals surface area (Å²) in [5.74, 6) is 0.635. The molecular weight excluding hydrogens is 312 g/mol. The molecule has 0 spiro atoms. The fourth-order valence-corrected chi connectivity index (χ4v) is 3.25. The van der Waals surface area contributed by atoms with E-state index in [0.29, 0.717) is 12.5 Å². The van der Waals surface area contributed by atoms with E-state index in [2.05, 4.69) is 22.3 Å². The summed E-state index contributed by atoms with van der Waals surface area (Å²) in [4.78, 5) is 14.7. The van der Waals surface area contributed by atoms with Gasteiger partial charge in [-0.25, -0.2) is 0 Å². The van der Waals surface area contributed by atoms with Crippen LogP contribution < -0.4 is 5.32 Å². The van der Waals surface area contributed by atoms with Gasteiger partial charge >= 0.3 is 0 Å². The first-order chi connectivity index (χ1) is 12.3. The van der Waals surface area contributed by atoms with E-state index >= 15 is 0 Å². The predicted octanol–water partition coefficient (Wildman–Crippen LogP) is 3.55. The van der Waals surface area contributed by atoms with E-state index in [9.17, 15) is 4.79 Å². The van der Waals surface area contributed by atoms with Crippen LogP contribution in [-0.4, -0.2) is 37.1 Å². The van der Waals surface area contributed by atoms with Crippen molar-refractivity contribution in [2.45, 2.75) is 19.4 Å². The molecule has 3 rings (SSSR count). The van der Waals surface area contributed by atoms with E-state index < -0.39 is 0 Å². The van der Waals surface area contributed by atoms with E-state index in [0.717, 1.165) is 44.8 Å². The van der Waals surface area contributed by atoms with E-state index in [1.54, 1.807) is 0 Å². The maximum Gasteiger partial charge on any atom is 0.238 e. The molecule has 0 radical (unpaired) electrons. The lowest BCUT2D eigenvalue weighted by Crippen LogP contribution is -2.37. The topological polar surface area (TPSA) is 41.6 Å². The summed E-state index contributed by atoms with van der Waals surface area (Å²) in [6.07, 6.45) is 2.15. The Labute approximate surface area is 149 Å². The van der Waals surface area contributed by atoms with Crippen LogP contribution >= 0.6 is 0 Å². The molecule has 132 valence electrons. The van der Waals surface area contributed by atoms with Crippen LogP contribution in [0, 0.1) is 5.92 Å². The van der Waals surface area contributed by atoms with E-state index in [-0.39, 0.29) is 5.91 Å². The van der Waals surface area contributed by atoms with Crippen molar-refractivity contribution in [3.05, 3.63) is 66.2 Å². The van der Waals surface area contributed by atoms with Crippen LogP contribution in [0.1, 0.15) is 18.4 Å². The van der Waals surface area contributed by atoms with E-state index in [1.165, 1.54) is 5.56 Å². The molecule has 4 nitrogen and oxygen atoms in total. The highest BCUT2D eigenvalue weighted by Gasteiger charge is 2.19. The van der Waals surface area contributed by atoms with Gasteiger partial charge in [0, 0.05) is 32.0 Å². The van der Waals surface area contributed by atoms with Crippen molar-refractivity contribution in [2.75, 3.05) is 31.6 Å². The molecule has 0 saturated carbocycles. The quantitative estimate of drug-likeness (QED) is 0.839. The van der Waals surface area contributed by atoms with Gasteiger partial charge in [-0.1, -0.05) is 48.5 Å². The van der Waals surface area contributed by atoms with E-state index in [4.69, 9.17) is 4.74 Å². The summed E-state index contributed by atoms with van der Waals surface area (Å²) in [6.45, 7) is 3.79. The fourth-order valence-electron chi connectivity index (χ4n) is 3.25. The van der Waals surface area contributed by atoms with Crippen LogP contribution in [0.25, 0.3) is 0 Å². The normalized spacial score (nSPS) is 15.2. The molecule has 1 heterocycles. The Morgan fingerprint density at radius 3 is 2.32 bits per heavy atom. The minimum atomic E-state index is 0.0363. The summed E-state index contributed by atoms with van der Waals surface area (Å²) in [6, 6.07) is 20.0. The lowest BCUT2D eigenvalue weighted by atomic mass is 9.99. The molecule has 1 saturated heterocycles. The highest BCUT2D eigenvalue weighted by atomic mass is 16.5. The van der Waals surface area contributed by atoms with Gasteiger partial charge in [-0.15, -0.1) is 0 Å². The van der Waals surface area contributed by atoms with Gasteiger partial charge in [0.1, 0.15) is 0 Å². The number of nitrogens with one attached hydrogen (secondary N) is 1. The Morgan fingerprint density at radius 2 is 1.64 bits per heavy atom. The molecule has 0 aliphatic carbocycles. The lowest BCUT2D eigenvalue weighted by molar-refractivity contribution is -0.117. The minimum Gasteiger partial charge on any atom is -0.381 e. The third-order valence-corrected chi connectivity index (χ3v) is 4.53. The minimum absolute atomic E-state index is 0.0363.